The minimum absolute atomic E-state index is 0.0440. The smallest absolute Gasteiger partial charge is 0.247 e. The van der Waals surface area contributed by atoms with Gasteiger partial charge in [-0.15, -0.1) is 0 Å². The molecule has 1 atom stereocenters. The van der Waals surface area contributed by atoms with E-state index in [0.717, 1.165) is 17.7 Å². The van der Waals surface area contributed by atoms with E-state index in [1.165, 1.54) is 5.56 Å². The summed E-state index contributed by atoms with van der Waals surface area (Å²) in [6.07, 6.45) is 1.98. The fourth-order valence-electron chi connectivity index (χ4n) is 3.46. The van der Waals surface area contributed by atoms with Crippen molar-refractivity contribution in [1.82, 2.24) is 4.90 Å². The average Bonchev–Trinajstić information content (AvgIpc) is 2.96. The molecule has 2 aromatic rings. The molecule has 0 bridgehead atoms. The summed E-state index contributed by atoms with van der Waals surface area (Å²) in [5.41, 5.74) is 3.05. The fraction of sp³-hybridized carbons (Fsp3) is 0.364. The summed E-state index contributed by atoms with van der Waals surface area (Å²) in [4.78, 5) is 26.8. The van der Waals surface area contributed by atoms with Gasteiger partial charge in [-0.3, -0.25) is 9.59 Å². The number of carbonyl (C=O) groups is 2. The van der Waals surface area contributed by atoms with E-state index in [-0.39, 0.29) is 11.8 Å². The van der Waals surface area contributed by atoms with Crippen molar-refractivity contribution in [3.63, 3.8) is 0 Å². The molecule has 3 rings (SSSR count). The van der Waals surface area contributed by atoms with Gasteiger partial charge in [0, 0.05) is 18.7 Å². The first-order valence-corrected chi connectivity index (χ1v) is 9.26. The van der Waals surface area contributed by atoms with E-state index >= 15 is 0 Å². The minimum atomic E-state index is -0.406. The molecule has 2 aromatic carbocycles. The van der Waals surface area contributed by atoms with E-state index in [2.05, 4.69) is 25.2 Å². The Morgan fingerprint density at radius 3 is 2.58 bits per heavy atom. The van der Waals surface area contributed by atoms with Gasteiger partial charge in [-0.25, -0.2) is 0 Å². The number of likely N-dealkylation sites (tertiary alicyclic amines) is 1. The lowest BCUT2D eigenvalue weighted by Crippen LogP contribution is -2.41. The van der Waals surface area contributed by atoms with Gasteiger partial charge in [0.2, 0.25) is 11.8 Å². The summed E-state index contributed by atoms with van der Waals surface area (Å²) in [5.74, 6) is 0.505. The topological polar surface area (TPSA) is 49.4 Å². The molecule has 26 heavy (non-hydrogen) atoms. The lowest BCUT2D eigenvalue weighted by atomic mass is 10.0. The summed E-state index contributed by atoms with van der Waals surface area (Å²) in [6, 6.07) is 17.4. The predicted octanol–water partition coefficient (Wildman–Crippen LogP) is 4.01. The number of amides is 2. The SMILES string of the molecule is CC(C)Cc1cccc(NC(=O)C2CCC(=O)N2Cc2ccccc2)c1. The number of hydrogen-bond acceptors (Lipinski definition) is 2. The van der Waals surface area contributed by atoms with Crippen LogP contribution in [0.2, 0.25) is 0 Å². The first-order valence-electron chi connectivity index (χ1n) is 9.26. The lowest BCUT2D eigenvalue weighted by molar-refractivity contribution is -0.133. The molecule has 0 spiro atoms. The molecule has 1 heterocycles. The highest BCUT2D eigenvalue weighted by atomic mass is 16.2. The van der Waals surface area contributed by atoms with Crippen LogP contribution in [0.5, 0.6) is 0 Å². The molecule has 1 fully saturated rings. The summed E-state index contributed by atoms with van der Waals surface area (Å²) in [6.45, 7) is 4.83. The fourth-order valence-corrected chi connectivity index (χ4v) is 3.46. The number of hydrogen-bond donors (Lipinski definition) is 1. The van der Waals surface area contributed by atoms with E-state index in [1.54, 1.807) is 4.90 Å². The Labute approximate surface area is 155 Å². The number of nitrogens with one attached hydrogen (secondary N) is 1. The van der Waals surface area contributed by atoms with Gasteiger partial charge >= 0.3 is 0 Å². The van der Waals surface area contributed by atoms with E-state index in [0.29, 0.717) is 25.3 Å². The Bertz CT molecular complexity index is 771. The van der Waals surface area contributed by atoms with Crippen LogP contribution in [0.1, 0.15) is 37.8 Å². The number of anilines is 1. The lowest BCUT2D eigenvalue weighted by Gasteiger charge is -2.24. The highest BCUT2D eigenvalue weighted by Crippen LogP contribution is 2.23. The summed E-state index contributed by atoms with van der Waals surface area (Å²) >= 11 is 0. The normalized spacial score (nSPS) is 17.0. The maximum atomic E-state index is 12.8. The molecule has 0 radical (unpaired) electrons. The molecule has 136 valence electrons. The Morgan fingerprint density at radius 1 is 1.12 bits per heavy atom. The molecular formula is C22H26N2O2. The summed E-state index contributed by atoms with van der Waals surface area (Å²) in [7, 11) is 0. The largest absolute Gasteiger partial charge is 0.326 e. The molecule has 4 nitrogen and oxygen atoms in total. The number of benzene rings is 2. The Balaban J connectivity index is 1.69. The van der Waals surface area contributed by atoms with E-state index in [9.17, 15) is 9.59 Å². The van der Waals surface area contributed by atoms with Crippen molar-refractivity contribution in [2.75, 3.05) is 5.32 Å². The molecule has 1 saturated heterocycles. The van der Waals surface area contributed by atoms with Crippen molar-refractivity contribution in [3.8, 4) is 0 Å². The van der Waals surface area contributed by atoms with Gasteiger partial charge in [0.15, 0.2) is 0 Å². The monoisotopic (exact) mass is 350 g/mol. The zero-order chi connectivity index (χ0) is 18.5. The van der Waals surface area contributed by atoms with Gasteiger partial charge in [0.05, 0.1) is 0 Å². The molecule has 1 unspecified atom stereocenters. The molecule has 0 aromatic heterocycles. The first-order chi connectivity index (χ1) is 12.5. The van der Waals surface area contributed by atoms with E-state index < -0.39 is 6.04 Å². The maximum absolute atomic E-state index is 12.8. The van der Waals surface area contributed by atoms with Crippen LogP contribution in [0.4, 0.5) is 5.69 Å². The van der Waals surface area contributed by atoms with Crippen LogP contribution in [0.15, 0.2) is 54.6 Å². The predicted molar refractivity (Wildman–Crippen MR) is 104 cm³/mol. The second-order valence-corrected chi connectivity index (χ2v) is 7.35. The van der Waals surface area contributed by atoms with Crippen molar-refractivity contribution in [3.05, 3.63) is 65.7 Å². The number of carbonyl (C=O) groups excluding carboxylic acids is 2. The van der Waals surface area contributed by atoms with Gasteiger partial charge in [-0.1, -0.05) is 56.3 Å². The molecular weight excluding hydrogens is 324 g/mol. The van der Waals surface area contributed by atoms with Crippen LogP contribution >= 0.6 is 0 Å². The second-order valence-electron chi connectivity index (χ2n) is 7.35. The number of rotatable bonds is 6. The quantitative estimate of drug-likeness (QED) is 0.855. The third kappa shape index (κ3) is 4.51. The van der Waals surface area contributed by atoms with Crippen LogP contribution in [-0.4, -0.2) is 22.8 Å². The standard InChI is InChI=1S/C22H26N2O2/c1-16(2)13-18-9-6-10-19(14-18)23-22(26)20-11-12-21(25)24(20)15-17-7-4-3-5-8-17/h3-10,14,16,20H,11-13,15H2,1-2H3,(H,23,26). The maximum Gasteiger partial charge on any atom is 0.247 e. The molecule has 1 N–H and O–H groups in total. The van der Waals surface area contributed by atoms with Gasteiger partial charge in [-0.2, -0.15) is 0 Å². The van der Waals surface area contributed by atoms with Crippen molar-refractivity contribution >= 4 is 17.5 Å². The Hall–Kier alpha value is -2.62. The first kappa shape index (κ1) is 18.2. The van der Waals surface area contributed by atoms with Crippen LogP contribution in [0.25, 0.3) is 0 Å². The van der Waals surface area contributed by atoms with Crippen molar-refractivity contribution < 1.29 is 9.59 Å². The highest BCUT2D eigenvalue weighted by Gasteiger charge is 2.35. The Morgan fingerprint density at radius 2 is 1.85 bits per heavy atom. The third-order valence-corrected chi connectivity index (χ3v) is 4.67. The molecule has 0 aliphatic carbocycles. The van der Waals surface area contributed by atoms with Gasteiger partial charge in [0.1, 0.15) is 6.04 Å². The zero-order valence-corrected chi connectivity index (χ0v) is 15.4. The number of nitrogens with zero attached hydrogens (tertiary/aromatic N) is 1. The van der Waals surface area contributed by atoms with Gasteiger partial charge in [0.25, 0.3) is 0 Å². The third-order valence-electron chi connectivity index (χ3n) is 4.67. The zero-order valence-electron chi connectivity index (χ0n) is 15.4. The molecule has 4 heteroatoms. The second kappa shape index (κ2) is 8.17. The van der Waals surface area contributed by atoms with Gasteiger partial charge < -0.3 is 10.2 Å². The van der Waals surface area contributed by atoms with Crippen LogP contribution in [0.3, 0.4) is 0 Å². The van der Waals surface area contributed by atoms with Crippen LogP contribution < -0.4 is 5.32 Å². The van der Waals surface area contributed by atoms with E-state index in [4.69, 9.17) is 0 Å². The van der Waals surface area contributed by atoms with Crippen molar-refractivity contribution in [2.24, 2.45) is 5.92 Å². The van der Waals surface area contributed by atoms with E-state index in [1.807, 2.05) is 48.5 Å². The van der Waals surface area contributed by atoms with Crippen molar-refractivity contribution in [1.29, 1.82) is 0 Å². The molecule has 2 amide bonds. The van der Waals surface area contributed by atoms with Crippen LogP contribution in [0, 0.1) is 5.92 Å². The average molecular weight is 350 g/mol. The Kier molecular flexibility index (Phi) is 5.71. The molecule has 0 saturated carbocycles. The summed E-state index contributed by atoms with van der Waals surface area (Å²) in [5, 5.41) is 3.00. The molecule has 1 aliphatic rings. The molecule has 1 aliphatic heterocycles. The minimum Gasteiger partial charge on any atom is -0.326 e. The van der Waals surface area contributed by atoms with Crippen molar-refractivity contribution in [2.45, 2.75) is 45.7 Å². The van der Waals surface area contributed by atoms with Crippen LogP contribution in [-0.2, 0) is 22.6 Å². The highest BCUT2D eigenvalue weighted by molar-refractivity contribution is 5.99. The summed E-state index contributed by atoms with van der Waals surface area (Å²) < 4.78 is 0. The van der Waals surface area contributed by atoms with Gasteiger partial charge in [-0.05, 0) is 42.0 Å².